The molecule has 0 spiro atoms. The molecule has 1 aliphatic heterocycles. The third-order valence-electron chi connectivity index (χ3n) is 3.14. The van der Waals surface area contributed by atoms with Crippen molar-refractivity contribution in [2.45, 2.75) is 25.8 Å². The van der Waals surface area contributed by atoms with E-state index >= 15 is 0 Å². The first-order chi connectivity index (χ1) is 8.08. The highest BCUT2D eigenvalue weighted by Crippen LogP contribution is 2.27. The average Bonchev–Trinajstić information content (AvgIpc) is 2.69. The van der Waals surface area contributed by atoms with Crippen molar-refractivity contribution in [3.63, 3.8) is 0 Å². The van der Waals surface area contributed by atoms with Crippen molar-refractivity contribution in [2.24, 2.45) is 0 Å². The van der Waals surface area contributed by atoms with Crippen molar-refractivity contribution in [2.75, 3.05) is 32.1 Å². The topological polar surface area (TPSA) is 32.3 Å². The van der Waals surface area contributed by atoms with Crippen molar-refractivity contribution >= 4 is 17.4 Å². The fourth-order valence-corrected chi connectivity index (χ4v) is 2.56. The van der Waals surface area contributed by atoms with E-state index in [9.17, 15) is 0 Å². The van der Waals surface area contributed by atoms with Crippen LogP contribution in [-0.4, -0.2) is 48.1 Å². The molecule has 1 aromatic heterocycles. The molecular formula is C12H19ClN4. The molecule has 2 rings (SSSR count). The second-order valence-electron chi connectivity index (χ2n) is 4.90. The van der Waals surface area contributed by atoms with Gasteiger partial charge >= 0.3 is 0 Å². The SMILES string of the molecule is Cc1cnc(Cl)nc1N1CCCC1CN(C)C. The number of hydrogen-bond donors (Lipinski definition) is 0. The molecule has 0 saturated carbocycles. The van der Waals surface area contributed by atoms with E-state index in [1.807, 2.05) is 6.92 Å². The predicted octanol–water partition coefficient (Wildman–Crippen LogP) is 1.97. The van der Waals surface area contributed by atoms with Gasteiger partial charge in [0.15, 0.2) is 0 Å². The lowest BCUT2D eigenvalue weighted by atomic mass is 10.2. The van der Waals surface area contributed by atoms with Gasteiger partial charge in [-0.05, 0) is 45.5 Å². The molecule has 2 heterocycles. The van der Waals surface area contributed by atoms with Crippen molar-refractivity contribution in [3.8, 4) is 0 Å². The van der Waals surface area contributed by atoms with Crippen molar-refractivity contribution in [1.29, 1.82) is 0 Å². The number of aromatic nitrogens is 2. The highest BCUT2D eigenvalue weighted by molar-refractivity contribution is 6.28. The van der Waals surface area contributed by atoms with Crippen LogP contribution in [0.2, 0.25) is 5.28 Å². The van der Waals surface area contributed by atoms with Gasteiger partial charge in [0.2, 0.25) is 5.28 Å². The Morgan fingerprint density at radius 1 is 1.53 bits per heavy atom. The summed E-state index contributed by atoms with van der Waals surface area (Å²) in [5.41, 5.74) is 1.10. The van der Waals surface area contributed by atoms with Gasteiger partial charge in [0.1, 0.15) is 5.82 Å². The zero-order valence-electron chi connectivity index (χ0n) is 10.6. The molecule has 1 aliphatic rings. The third-order valence-corrected chi connectivity index (χ3v) is 3.32. The highest BCUT2D eigenvalue weighted by Gasteiger charge is 2.27. The standard InChI is InChI=1S/C12H19ClN4/c1-9-7-14-12(13)15-11(9)17-6-4-5-10(17)8-16(2)3/h7,10H,4-6,8H2,1-3H3. The molecular weight excluding hydrogens is 236 g/mol. The Bertz CT molecular complexity index is 394. The highest BCUT2D eigenvalue weighted by atomic mass is 35.5. The Labute approximate surface area is 108 Å². The summed E-state index contributed by atoms with van der Waals surface area (Å²) in [6, 6.07) is 0.537. The summed E-state index contributed by atoms with van der Waals surface area (Å²) in [7, 11) is 4.21. The molecule has 0 radical (unpaired) electrons. The maximum atomic E-state index is 5.89. The molecule has 0 amide bonds. The number of rotatable bonds is 3. The Hall–Kier alpha value is -0.870. The van der Waals surface area contributed by atoms with E-state index < -0.39 is 0 Å². The number of halogens is 1. The van der Waals surface area contributed by atoms with Gasteiger partial charge in [-0.2, -0.15) is 0 Å². The fourth-order valence-electron chi connectivity index (χ4n) is 2.43. The zero-order chi connectivity index (χ0) is 12.4. The van der Waals surface area contributed by atoms with Gasteiger partial charge in [0.25, 0.3) is 0 Å². The maximum absolute atomic E-state index is 5.89. The van der Waals surface area contributed by atoms with Crippen LogP contribution in [0.1, 0.15) is 18.4 Å². The summed E-state index contributed by atoms with van der Waals surface area (Å²) in [5, 5.41) is 0.334. The summed E-state index contributed by atoms with van der Waals surface area (Å²) >= 11 is 5.89. The molecule has 4 nitrogen and oxygen atoms in total. The van der Waals surface area contributed by atoms with Crippen LogP contribution in [0, 0.1) is 6.92 Å². The Morgan fingerprint density at radius 2 is 2.29 bits per heavy atom. The normalized spacial score (nSPS) is 20.3. The van der Waals surface area contributed by atoms with E-state index in [1.165, 1.54) is 12.8 Å². The van der Waals surface area contributed by atoms with Gasteiger partial charge in [-0.3, -0.25) is 0 Å². The monoisotopic (exact) mass is 254 g/mol. The van der Waals surface area contributed by atoms with E-state index in [0.717, 1.165) is 24.5 Å². The summed E-state index contributed by atoms with van der Waals surface area (Å²) in [4.78, 5) is 13.0. The maximum Gasteiger partial charge on any atom is 0.224 e. The van der Waals surface area contributed by atoms with E-state index in [1.54, 1.807) is 6.20 Å². The summed E-state index contributed by atoms with van der Waals surface area (Å²) in [5.74, 6) is 0.995. The van der Waals surface area contributed by atoms with E-state index in [-0.39, 0.29) is 0 Å². The van der Waals surface area contributed by atoms with Crippen LogP contribution >= 0.6 is 11.6 Å². The smallest absolute Gasteiger partial charge is 0.224 e. The van der Waals surface area contributed by atoms with Crippen LogP contribution in [-0.2, 0) is 0 Å². The third kappa shape index (κ3) is 2.87. The van der Waals surface area contributed by atoms with Crippen LogP contribution < -0.4 is 4.90 Å². The van der Waals surface area contributed by atoms with Crippen LogP contribution in [0.3, 0.4) is 0 Å². The first-order valence-electron chi connectivity index (χ1n) is 5.98. The van der Waals surface area contributed by atoms with Gasteiger partial charge in [-0.25, -0.2) is 9.97 Å². The second kappa shape index (κ2) is 5.19. The van der Waals surface area contributed by atoms with Crippen LogP contribution in [0.15, 0.2) is 6.20 Å². The van der Waals surface area contributed by atoms with E-state index in [0.29, 0.717) is 11.3 Å². The lowest BCUT2D eigenvalue weighted by molar-refractivity contribution is 0.371. The van der Waals surface area contributed by atoms with Crippen molar-refractivity contribution in [1.82, 2.24) is 14.9 Å². The number of anilines is 1. The molecule has 5 heteroatoms. The Morgan fingerprint density at radius 3 is 3.00 bits per heavy atom. The minimum atomic E-state index is 0.334. The molecule has 17 heavy (non-hydrogen) atoms. The number of hydrogen-bond acceptors (Lipinski definition) is 4. The van der Waals surface area contributed by atoms with E-state index in [4.69, 9.17) is 11.6 Å². The summed E-state index contributed by atoms with van der Waals surface area (Å²) < 4.78 is 0. The average molecular weight is 255 g/mol. The molecule has 0 aliphatic carbocycles. The van der Waals surface area contributed by atoms with Gasteiger partial charge < -0.3 is 9.80 Å². The van der Waals surface area contributed by atoms with Crippen LogP contribution in [0.4, 0.5) is 5.82 Å². The molecule has 1 aromatic rings. The molecule has 0 bridgehead atoms. The molecule has 0 aromatic carbocycles. The Kier molecular flexibility index (Phi) is 3.84. The molecule has 0 N–H and O–H groups in total. The quantitative estimate of drug-likeness (QED) is 0.772. The number of aryl methyl sites for hydroxylation is 1. The minimum Gasteiger partial charge on any atom is -0.352 e. The minimum absolute atomic E-state index is 0.334. The molecule has 1 fully saturated rings. The summed E-state index contributed by atoms with van der Waals surface area (Å²) in [6.07, 6.45) is 4.24. The first-order valence-corrected chi connectivity index (χ1v) is 6.36. The Balaban J connectivity index is 2.22. The van der Waals surface area contributed by atoms with Gasteiger partial charge in [-0.1, -0.05) is 0 Å². The van der Waals surface area contributed by atoms with E-state index in [2.05, 4.69) is 33.9 Å². The second-order valence-corrected chi connectivity index (χ2v) is 5.24. The van der Waals surface area contributed by atoms with Gasteiger partial charge in [-0.15, -0.1) is 0 Å². The molecule has 94 valence electrons. The zero-order valence-corrected chi connectivity index (χ0v) is 11.4. The van der Waals surface area contributed by atoms with Crippen LogP contribution in [0.25, 0.3) is 0 Å². The predicted molar refractivity (Wildman–Crippen MR) is 70.7 cm³/mol. The van der Waals surface area contributed by atoms with Gasteiger partial charge in [0.05, 0.1) is 0 Å². The van der Waals surface area contributed by atoms with Crippen LogP contribution in [0.5, 0.6) is 0 Å². The molecule has 1 saturated heterocycles. The summed E-state index contributed by atoms with van der Waals surface area (Å²) in [6.45, 7) is 4.16. The lowest BCUT2D eigenvalue weighted by Crippen LogP contribution is -2.38. The lowest BCUT2D eigenvalue weighted by Gasteiger charge is -2.29. The molecule has 1 atom stereocenters. The largest absolute Gasteiger partial charge is 0.352 e. The van der Waals surface area contributed by atoms with Crippen molar-refractivity contribution < 1.29 is 0 Å². The molecule has 1 unspecified atom stereocenters. The van der Waals surface area contributed by atoms with Gasteiger partial charge in [0, 0.05) is 30.9 Å². The fraction of sp³-hybridized carbons (Fsp3) is 0.667. The number of nitrogens with zero attached hydrogens (tertiary/aromatic N) is 4. The van der Waals surface area contributed by atoms with Crippen molar-refractivity contribution in [3.05, 3.63) is 17.0 Å². The number of likely N-dealkylation sites (N-methyl/N-ethyl adjacent to an activating group) is 1. The first kappa shape index (κ1) is 12.6.